The van der Waals surface area contributed by atoms with Gasteiger partial charge in [0, 0.05) is 19.0 Å². The van der Waals surface area contributed by atoms with E-state index in [0.29, 0.717) is 0 Å². The number of amides is 1. The maximum Gasteiger partial charge on any atom is 0.222 e. The molecule has 2 unspecified atom stereocenters. The van der Waals surface area contributed by atoms with Gasteiger partial charge in [0.25, 0.3) is 0 Å². The third-order valence-electron chi connectivity index (χ3n) is 3.63. The predicted molar refractivity (Wildman–Crippen MR) is 96.2 cm³/mol. The highest BCUT2D eigenvalue weighted by molar-refractivity contribution is 5.85. The molecule has 2 rings (SSSR count). The molecule has 0 spiro atoms. The van der Waals surface area contributed by atoms with Crippen molar-refractivity contribution in [3.63, 3.8) is 0 Å². The van der Waals surface area contributed by atoms with Crippen LogP contribution in [-0.4, -0.2) is 24.7 Å². The summed E-state index contributed by atoms with van der Waals surface area (Å²) in [6, 6.07) is 16.2. The Morgan fingerprint density at radius 3 is 2.33 bits per heavy atom. The third-order valence-corrected chi connectivity index (χ3v) is 3.63. The molecule has 0 radical (unpaired) electrons. The molecular formula is C18H23ClN2O3. The normalized spacial score (nSPS) is 12.6. The number of hydrogen-bond acceptors (Lipinski definition) is 4. The largest absolute Gasteiger partial charge is 0.497 e. The second-order valence-electron chi connectivity index (χ2n) is 5.31. The van der Waals surface area contributed by atoms with Gasteiger partial charge in [0.2, 0.25) is 5.91 Å². The summed E-state index contributed by atoms with van der Waals surface area (Å²) >= 11 is 0. The highest BCUT2D eigenvalue weighted by atomic mass is 35.5. The topological polar surface area (TPSA) is 84.6 Å². The zero-order valence-electron chi connectivity index (χ0n) is 13.5. The van der Waals surface area contributed by atoms with E-state index < -0.39 is 6.10 Å². The van der Waals surface area contributed by atoms with Crippen molar-refractivity contribution >= 4 is 18.3 Å². The van der Waals surface area contributed by atoms with Crippen LogP contribution >= 0.6 is 12.4 Å². The average molecular weight is 351 g/mol. The zero-order valence-corrected chi connectivity index (χ0v) is 14.3. The van der Waals surface area contributed by atoms with Crippen LogP contribution in [0.3, 0.4) is 0 Å². The fraction of sp³-hybridized carbons (Fsp3) is 0.278. The molecule has 6 heteroatoms. The highest BCUT2D eigenvalue weighted by Crippen LogP contribution is 2.17. The number of carbonyl (C=O) groups excluding carboxylic acids is 1. The van der Waals surface area contributed by atoms with Crippen LogP contribution in [0.25, 0.3) is 0 Å². The molecular weight excluding hydrogens is 328 g/mol. The summed E-state index contributed by atoms with van der Waals surface area (Å²) in [4.78, 5) is 11.9. The third kappa shape index (κ3) is 5.85. The standard InChI is InChI=1S/C18H22N2O3.ClH/c1-23-15-9-7-14(8-10-15)17(21)12-20-18(22)11-16(19)13-5-3-2-4-6-13;/h2-10,16-17,21H,11-12,19H2,1H3,(H,20,22);1H. The van der Waals surface area contributed by atoms with Crippen molar-refractivity contribution in [3.05, 3.63) is 65.7 Å². The van der Waals surface area contributed by atoms with Gasteiger partial charge in [-0.15, -0.1) is 12.4 Å². The Hall–Kier alpha value is -2.08. The molecule has 5 nitrogen and oxygen atoms in total. The van der Waals surface area contributed by atoms with Crippen LogP contribution in [0, 0.1) is 0 Å². The first-order chi connectivity index (χ1) is 11.1. The van der Waals surface area contributed by atoms with Crippen molar-refractivity contribution in [3.8, 4) is 5.75 Å². The van der Waals surface area contributed by atoms with Crippen LogP contribution in [0.15, 0.2) is 54.6 Å². The molecule has 0 aliphatic rings. The number of methoxy groups -OCH3 is 1. The number of ether oxygens (including phenoxy) is 1. The lowest BCUT2D eigenvalue weighted by atomic mass is 10.0. The van der Waals surface area contributed by atoms with Crippen molar-refractivity contribution in [2.75, 3.05) is 13.7 Å². The van der Waals surface area contributed by atoms with E-state index in [-0.39, 0.29) is 37.3 Å². The molecule has 0 bridgehead atoms. The first-order valence-electron chi connectivity index (χ1n) is 7.49. The monoisotopic (exact) mass is 350 g/mol. The van der Waals surface area contributed by atoms with Crippen LogP contribution in [0.1, 0.15) is 29.7 Å². The van der Waals surface area contributed by atoms with E-state index in [4.69, 9.17) is 10.5 Å². The van der Waals surface area contributed by atoms with Crippen LogP contribution in [0.2, 0.25) is 0 Å². The minimum absolute atomic E-state index is 0. The second-order valence-corrected chi connectivity index (χ2v) is 5.31. The van der Waals surface area contributed by atoms with E-state index in [0.717, 1.165) is 16.9 Å². The van der Waals surface area contributed by atoms with Gasteiger partial charge in [-0.2, -0.15) is 0 Å². The first-order valence-corrected chi connectivity index (χ1v) is 7.49. The molecule has 0 aliphatic carbocycles. The van der Waals surface area contributed by atoms with Gasteiger partial charge in [0.15, 0.2) is 0 Å². The molecule has 0 aromatic heterocycles. The fourth-order valence-corrected chi connectivity index (χ4v) is 2.24. The molecule has 0 aliphatic heterocycles. The minimum Gasteiger partial charge on any atom is -0.497 e. The summed E-state index contributed by atoms with van der Waals surface area (Å²) in [5.74, 6) is 0.535. The summed E-state index contributed by atoms with van der Waals surface area (Å²) in [6.07, 6.45) is -0.586. The summed E-state index contributed by atoms with van der Waals surface area (Å²) in [6.45, 7) is 0.146. The molecule has 4 N–H and O–H groups in total. The van der Waals surface area contributed by atoms with E-state index in [2.05, 4.69) is 5.32 Å². The molecule has 0 fully saturated rings. The molecule has 130 valence electrons. The number of nitrogens with one attached hydrogen (secondary N) is 1. The van der Waals surface area contributed by atoms with Gasteiger partial charge in [0.1, 0.15) is 5.75 Å². The summed E-state index contributed by atoms with van der Waals surface area (Å²) in [7, 11) is 1.58. The second kappa shape index (κ2) is 9.93. The van der Waals surface area contributed by atoms with E-state index in [1.165, 1.54) is 0 Å². The number of halogens is 1. The van der Waals surface area contributed by atoms with Gasteiger partial charge in [0.05, 0.1) is 13.2 Å². The smallest absolute Gasteiger partial charge is 0.222 e. The number of carbonyl (C=O) groups is 1. The molecule has 0 saturated carbocycles. The highest BCUT2D eigenvalue weighted by Gasteiger charge is 2.13. The van der Waals surface area contributed by atoms with Crippen LogP contribution in [0.4, 0.5) is 0 Å². The molecule has 24 heavy (non-hydrogen) atoms. The number of aliphatic hydroxyl groups is 1. The Morgan fingerprint density at radius 1 is 1.12 bits per heavy atom. The quantitative estimate of drug-likeness (QED) is 0.715. The van der Waals surface area contributed by atoms with Crippen LogP contribution < -0.4 is 15.8 Å². The van der Waals surface area contributed by atoms with Crippen molar-refractivity contribution in [2.45, 2.75) is 18.6 Å². The molecule has 2 atom stereocenters. The lowest BCUT2D eigenvalue weighted by molar-refractivity contribution is -0.121. The van der Waals surface area contributed by atoms with Gasteiger partial charge in [-0.05, 0) is 23.3 Å². The molecule has 2 aromatic rings. The Kier molecular flexibility index (Phi) is 8.26. The molecule has 0 heterocycles. The predicted octanol–water partition coefficient (Wildman–Crippen LogP) is 2.36. The van der Waals surface area contributed by atoms with Crippen molar-refractivity contribution in [2.24, 2.45) is 5.73 Å². The zero-order chi connectivity index (χ0) is 16.7. The minimum atomic E-state index is -0.766. The SMILES string of the molecule is COc1ccc(C(O)CNC(=O)CC(N)c2ccccc2)cc1.Cl. The Bertz CT molecular complexity index is 620. The van der Waals surface area contributed by atoms with Crippen molar-refractivity contribution in [1.82, 2.24) is 5.32 Å². The fourth-order valence-electron chi connectivity index (χ4n) is 2.24. The molecule has 2 aromatic carbocycles. The Labute approximate surface area is 148 Å². The van der Waals surface area contributed by atoms with E-state index in [1.54, 1.807) is 31.4 Å². The summed E-state index contributed by atoms with van der Waals surface area (Å²) in [5, 5.41) is 12.8. The maximum atomic E-state index is 11.9. The van der Waals surface area contributed by atoms with Crippen molar-refractivity contribution in [1.29, 1.82) is 0 Å². The maximum absolute atomic E-state index is 11.9. The van der Waals surface area contributed by atoms with Gasteiger partial charge >= 0.3 is 0 Å². The number of rotatable bonds is 7. The summed E-state index contributed by atoms with van der Waals surface area (Å²) < 4.78 is 5.07. The Morgan fingerprint density at radius 2 is 1.75 bits per heavy atom. The van der Waals surface area contributed by atoms with Gasteiger partial charge < -0.3 is 20.9 Å². The molecule has 0 saturated heterocycles. The van der Waals surface area contributed by atoms with Gasteiger partial charge in [-0.3, -0.25) is 4.79 Å². The lowest BCUT2D eigenvalue weighted by Crippen LogP contribution is -2.31. The first kappa shape index (κ1) is 20.0. The van der Waals surface area contributed by atoms with E-state index >= 15 is 0 Å². The van der Waals surface area contributed by atoms with Crippen LogP contribution in [-0.2, 0) is 4.79 Å². The van der Waals surface area contributed by atoms with Gasteiger partial charge in [-0.25, -0.2) is 0 Å². The summed E-state index contributed by atoms with van der Waals surface area (Å²) in [5.41, 5.74) is 7.64. The number of benzene rings is 2. The lowest BCUT2D eigenvalue weighted by Gasteiger charge is -2.15. The number of hydrogen-bond donors (Lipinski definition) is 3. The number of aliphatic hydroxyl groups excluding tert-OH is 1. The van der Waals surface area contributed by atoms with Crippen LogP contribution in [0.5, 0.6) is 5.75 Å². The van der Waals surface area contributed by atoms with E-state index in [1.807, 2.05) is 30.3 Å². The number of nitrogens with two attached hydrogens (primary N) is 1. The van der Waals surface area contributed by atoms with E-state index in [9.17, 15) is 9.90 Å². The average Bonchev–Trinajstić information content (AvgIpc) is 2.60. The molecule has 1 amide bonds. The Balaban J connectivity index is 0.00000288. The van der Waals surface area contributed by atoms with Gasteiger partial charge in [-0.1, -0.05) is 42.5 Å². The van der Waals surface area contributed by atoms with Crippen molar-refractivity contribution < 1.29 is 14.6 Å².